The van der Waals surface area contributed by atoms with Gasteiger partial charge in [0, 0.05) is 26.6 Å². The number of hydrogen-bond donors (Lipinski definition) is 1. The molecule has 0 saturated carbocycles. The maximum absolute atomic E-state index is 12.0. The minimum Gasteiger partial charge on any atom is -0.465 e. The van der Waals surface area contributed by atoms with E-state index < -0.39 is 0 Å². The van der Waals surface area contributed by atoms with E-state index in [9.17, 15) is 4.79 Å². The maximum atomic E-state index is 12.0. The van der Waals surface area contributed by atoms with Crippen LogP contribution in [0.1, 0.15) is 41.0 Å². The van der Waals surface area contributed by atoms with Gasteiger partial charge in [0.1, 0.15) is 6.04 Å². The zero-order valence-corrected chi connectivity index (χ0v) is 14.0. The number of hydrogen-bond acceptors (Lipinski definition) is 5. The standard InChI is InChI=1S/C15H32N2O3/c1-7-17(8-2)11-10-16-13(14(18)20-9-3)12-15(4,5)19-6/h13,16H,7-12H2,1-6H3. The molecule has 1 atom stereocenters. The SMILES string of the molecule is CCOC(=O)C(CC(C)(C)OC)NCCN(CC)CC. The van der Waals surface area contributed by atoms with Crippen LogP contribution in [0.5, 0.6) is 0 Å². The molecule has 0 fully saturated rings. The summed E-state index contributed by atoms with van der Waals surface area (Å²) in [6, 6.07) is -0.319. The van der Waals surface area contributed by atoms with Gasteiger partial charge in [-0.25, -0.2) is 0 Å². The van der Waals surface area contributed by atoms with E-state index in [1.807, 2.05) is 20.8 Å². The van der Waals surface area contributed by atoms with E-state index in [-0.39, 0.29) is 17.6 Å². The molecule has 120 valence electrons. The summed E-state index contributed by atoms with van der Waals surface area (Å²) >= 11 is 0. The van der Waals surface area contributed by atoms with Gasteiger partial charge >= 0.3 is 5.97 Å². The fourth-order valence-corrected chi connectivity index (χ4v) is 1.99. The van der Waals surface area contributed by atoms with Crippen LogP contribution in [0.4, 0.5) is 0 Å². The molecule has 0 radical (unpaired) electrons. The lowest BCUT2D eigenvalue weighted by Crippen LogP contribution is -2.46. The predicted molar refractivity (Wildman–Crippen MR) is 81.9 cm³/mol. The summed E-state index contributed by atoms with van der Waals surface area (Å²) in [6.07, 6.45) is 0.598. The molecule has 0 heterocycles. The van der Waals surface area contributed by atoms with E-state index in [1.165, 1.54) is 0 Å². The fraction of sp³-hybridized carbons (Fsp3) is 0.933. The average molecular weight is 288 g/mol. The smallest absolute Gasteiger partial charge is 0.323 e. The van der Waals surface area contributed by atoms with Crippen LogP contribution < -0.4 is 5.32 Å². The third-order valence-electron chi connectivity index (χ3n) is 3.53. The number of likely N-dealkylation sites (N-methyl/N-ethyl adjacent to an activating group) is 1. The molecule has 1 N–H and O–H groups in total. The van der Waals surface area contributed by atoms with Crippen molar-refractivity contribution in [2.75, 3.05) is 39.9 Å². The molecule has 0 amide bonds. The molecule has 1 unspecified atom stereocenters. The van der Waals surface area contributed by atoms with Crippen molar-refractivity contribution in [3.63, 3.8) is 0 Å². The minimum absolute atomic E-state index is 0.197. The lowest BCUT2D eigenvalue weighted by Gasteiger charge is -2.28. The molecular weight excluding hydrogens is 256 g/mol. The quantitative estimate of drug-likeness (QED) is 0.586. The van der Waals surface area contributed by atoms with Gasteiger partial charge in [0.15, 0.2) is 0 Å². The average Bonchev–Trinajstić information content (AvgIpc) is 2.42. The minimum atomic E-state index is -0.348. The van der Waals surface area contributed by atoms with E-state index in [4.69, 9.17) is 9.47 Å². The highest BCUT2D eigenvalue weighted by molar-refractivity contribution is 5.75. The van der Waals surface area contributed by atoms with Gasteiger partial charge in [-0.1, -0.05) is 13.8 Å². The fourth-order valence-electron chi connectivity index (χ4n) is 1.99. The summed E-state index contributed by atoms with van der Waals surface area (Å²) in [5, 5.41) is 3.30. The first-order valence-electron chi connectivity index (χ1n) is 7.57. The lowest BCUT2D eigenvalue weighted by atomic mass is 9.98. The Kier molecular flexibility index (Phi) is 9.80. The molecule has 20 heavy (non-hydrogen) atoms. The molecule has 0 aromatic heterocycles. The molecule has 0 aromatic carbocycles. The Morgan fingerprint density at radius 2 is 1.85 bits per heavy atom. The first-order valence-corrected chi connectivity index (χ1v) is 7.57. The van der Waals surface area contributed by atoms with Crippen LogP contribution in [0.15, 0.2) is 0 Å². The first-order chi connectivity index (χ1) is 9.40. The van der Waals surface area contributed by atoms with E-state index in [2.05, 4.69) is 24.1 Å². The highest BCUT2D eigenvalue weighted by Crippen LogP contribution is 2.16. The van der Waals surface area contributed by atoms with Crippen LogP contribution in [-0.4, -0.2) is 62.4 Å². The van der Waals surface area contributed by atoms with Crippen molar-refractivity contribution in [3.8, 4) is 0 Å². The van der Waals surface area contributed by atoms with E-state index >= 15 is 0 Å². The molecule has 5 heteroatoms. The van der Waals surface area contributed by atoms with Gasteiger partial charge in [0.05, 0.1) is 12.2 Å². The Bertz CT molecular complexity index is 266. The van der Waals surface area contributed by atoms with Crippen molar-refractivity contribution in [1.82, 2.24) is 10.2 Å². The number of nitrogens with one attached hydrogen (secondary N) is 1. The summed E-state index contributed by atoms with van der Waals surface area (Å²) in [5.74, 6) is -0.197. The summed E-state index contributed by atoms with van der Waals surface area (Å²) < 4.78 is 10.5. The van der Waals surface area contributed by atoms with Gasteiger partial charge < -0.3 is 19.7 Å². The third-order valence-corrected chi connectivity index (χ3v) is 3.53. The van der Waals surface area contributed by atoms with Crippen LogP contribution in [0.25, 0.3) is 0 Å². The molecular formula is C15H32N2O3. The number of nitrogens with zero attached hydrogens (tertiary/aromatic N) is 1. The maximum Gasteiger partial charge on any atom is 0.323 e. The van der Waals surface area contributed by atoms with Gasteiger partial charge in [-0.15, -0.1) is 0 Å². The Balaban J connectivity index is 4.42. The predicted octanol–water partition coefficient (Wildman–Crippen LogP) is 1.66. The summed E-state index contributed by atoms with van der Waals surface area (Å²) in [7, 11) is 1.66. The number of esters is 1. The second kappa shape index (κ2) is 10.1. The van der Waals surface area contributed by atoms with Crippen LogP contribution >= 0.6 is 0 Å². The normalized spacial score (nSPS) is 13.6. The zero-order chi connectivity index (χ0) is 15.6. The van der Waals surface area contributed by atoms with Gasteiger partial charge in [-0.05, 0) is 33.9 Å². The number of carbonyl (C=O) groups excluding carboxylic acids is 1. The molecule has 0 rings (SSSR count). The number of ether oxygens (including phenoxy) is 2. The largest absolute Gasteiger partial charge is 0.465 e. The molecule has 0 aliphatic rings. The van der Waals surface area contributed by atoms with Crippen molar-refractivity contribution in [3.05, 3.63) is 0 Å². The second-order valence-electron chi connectivity index (χ2n) is 5.45. The molecule has 5 nitrogen and oxygen atoms in total. The molecule has 0 aliphatic heterocycles. The van der Waals surface area contributed by atoms with Crippen LogP contribution in [0, 0.1) is 0 Å². The molecule has 0 bridgehead atoms. The van der Waals surface area contributed by atoms with Crippen molar-refractivity contribution < 1.29 is 14.3 Å². The van der Waals surface area contributed by atoms with E-state index in [0.717, 1.165) is 26.2 Å². The first kappa shape index (κ1) is 19.4. The highest BCUT2D eigenvalue weighted by atomic mass is 16.5. The lowest BCUT2D eigenvalue weighted by molar-refractivity contribution is -0.147. The molecule has 0 saturated heterocycles. The van der Waals surface area contributed by atoms with Crippen molar-refractivity contribution >= 4 is 5.97 Å². The highest BCUT2D eigenvalue weighted by Gasteiger charge is 2.28. The van der Waals surface area contributed by atoms with Gasteiger partial charge in [0.25, 0.3) is 0 Å². The van der Waals surface area contributed by atoms with Crippen molar-refractivity contribution in [2.24, 2.45) is 0 Å². The van der Waals surface area contributed by atoms with E-state index in [1.54, 1.807) is 7.11 Å². The van der Waals surface area contributed by atoms with Gasteiger partial charge in [-0.3, -0.25) is 4.79 Å². The summed E-state index contributed by atoms with van der Waals surface area (Å²) in [6.45, 7) is 14.2. The Labute approximate surface area is 124 Å². The Morgan fingerprint density at radius 3 is 2.30 bits per heavy atom. The number of rotatable bonds is 11. The summed E-state index contributed by atoms with van der Waals surface area (Å²) in [4.78, 5) is 14.3. The van der Waals surface area contributed by atoms with Crippen LogP contribution in [0.3, 0.4) is 0 Å². The summed E-state index contributed by atoms with van der Waals surface area (Å²) in [5.41, 5.74) is -0.348. The molecule has 0 spiro atoms. The van der Waals surface area contributed by atoms with Crippen molar-refractivity contribution in [1.29, 1.82) is 0 Å². The monoisotopic (exact) mass is 288 g/mol. The Hall–Kier alpha value is -0.650. The Morgan fingerprint density at radius 1 is 1.25 bits per heavy atom. The number of carbonyl (C=O) groups is 1. The number of methoxy groups -OCH3 is 1. The van der Waals surface area contributed by atoms with Crippen LogP contribution in [-0.2, 0) is 14.3 Å². The van der Waals surface area contributed by atoms with Crippen molar-refractivity contribution in [2.45, 2.75) is 52.7 Å². The van der Waals surface area contributed by atoms with Crippen LogP contribution in [0.2, 0.25) is 0 Å². The van der Waals surface area contributed by atoms with Gasteiger partial charge in [-0.2, -0.15) is 0 Å². The second-order valence-corrected chi connectivity index (χ2v) is 5.45. The topological polar surface area (TPSA) is 50.8 Å². The zero-order valence-electron chi connectivity index (χ0n) is 14.0. The van der Waals surface area contributed by atoms with Gasteiger partial charge in [0.2, 0.25) is 0 Å². The van der Waals surface area contributed by atoms with E-state index in [0.29, 0.717) is 13.0 Å². The third kappa shape index (κ3) is 7.82. The molecule has 0 aliphatic carbocycles. The molecule has 0 aromatic rings.